The number of rotatable bonds is 5. The zero-order valence-corrected chi connectivity index (χ0v) is 13.0. The van der Waals surface area contributed by atoms with Crippen molar-refractivity contribution in [1.82, 2.24) is 20.4 Å². The number of benzene rings is 1. The second-order valence-corrected chi connectivity index (χ2v) is 5.35. The third-order valence-electron chi connectivity index (χ3n) is 3.37. The Hall–Kier alpha value is -3.09. The van der Waals surface area contributed by atoms with Gasteiger partial charge in [0.25, 0.3) is 0 Å². The molecule has 3 rings (SSSR count). The van der Waals surface area contributed by atoms with E-state index in [0.29, 0.717) is 5.82 Å². The molecule has 1 aromatic carbocycles. The van der Waals surface area contributed by atoms with E-state index in [0.717, 1.165) is 22.8 Å². The number of aryl methyl sites for hydroxylation is 2. The Morgan fingerprint density at radius 3 is 2.74 bits per heavy atom. The van der Waals surface area contributed by atoms with Gasteiger partial charge in [0.05, 0.1) is 6.20 Å². The molecule has 1 amide bonds. The molecule has 0 saturated carbocycles. The molecule has 2 aromatic heterocycles. The molecule has 3 aromatic rings. The summed E-state index contributed by atoms with van der Waals surface area (Å²) in [5, 5.41) is 16.5. The Balaban J connectivity index is 1.80. The number of aromatic nitrogens is 4. The van der Waals surface area contributed by atoms with Crippen molar-refractivity contribution in [3.63, 3.8) is 0 Å². The summed E-state index contributed by atoms with van der Waals surface area (Å²) < 4.78 is 0. The van der Waals surface area contributed by atoms with E-state index in [1.54, 1.807) is 12.3 Å². The van der Waals surface area contributed by atoms with Crippen molar-refractivity contribution in [2.45, 2.75) is 13.8 Å². The van der Waals surface area contributed by atoms with Crippen LogP contribution in [-0.2, 0) is 4.79 Å². The molecule has 0 spiro atoms. The topological polar surface area (TPSA) is 89.7 Å². The Kier molecular flexibility index (Phi) is 4.09. The van der Waals surface area contributed by atoms with E-state index >= 15 is 0 Å². The Morgan fingerprint density at radius 2 is 2.09 bits per heavy atom. The van der Waals surface area contributed by atoms with Gasteiger partial charge in [-0.2, -0.15) is 10.2 Å². The van der Waals surface area contributed by atoms with Crippen LogP contribution < -0.4 is 10.2 Å². The van der Waals surface area contributed by atoms with Crippen LogP contribution in [0.4, 0.5) is 17.3 Å². The normalized spacial score (nSPS) is 10.5. The fourth-order valence-electron chi connectivity index (χ4n) is 2.32. The molecule has 0 bridgehead atoms. The molecule has 0 unspecified atom stereocenters. The lowest BCUT2D eigenvalue weighted by Gasteiger charge is -2.22. The first-order valence-electron chi connectivity index (χ1n) is 7.27. The first kappa shape index (κ1) is 14.8. The van der Waals surface area contributed by atoms with Crippen molar-refractivity contribution in [3.8, 4) is 0 Å². The van der Waals surface area contributed by atoms with Gasteiger partial charge in [0.2, 0.25) is 5.91 Å². The number of hydrogen-bond donors (Lipinski definition) is 3. The third kappa shape index (κ3) is 3.57. The van der Waals surface area contributed by atoms with Crippen molar-refractivity contribution >= 4 is 23.2 Å². The van der Waals surface area contributed by atoms with Gasteiger partial charge < -0.3 is 10.2 Å². The number of amides is 1. The molecule has 0 fully saturated rings. The number of nitrogens with zero attached hydrogens (tertiary/aromatic N) is 3. The number of aromatic amines is 2. The lowest BCUT2D eigenvalue weighted by atomic mass is 10.2. The van der Waals surface area contributed by atoms with E-state index in [4.69, 9.17) is 0 Å². The number of anilines is 3. The summed E-state index contributed by atoms with van der Waals surface area (Å²) >= 11 is 0. The lowest BCUT2D eigenvalue weighted by molar-refractivity contribution is -0.114. The van der Waals surface area contributed by atoms with Gasteiger partial charge in [0.15, 0.2) is 5.82 Å². The van der Waals surface area contributed by atoms with Gasteiger partial charge in [0, 0.05) is 23.5 Å². The number of H-pyrrole nitrogens is 2. The van der Waals surface area contributed by atoms with Gasteiger partial charge in [-0.25, -0.2) is 0 Å². The molecule has 2 heterocycles. The minimum atomic E-state index is -0.160. The second kappa shape index (κ2) is 6.35. The minimum Gasteiger partial charge on any atom is -0.317 e. The molecule has 3 N–H and O–H groups in total. The molecule has 0 aliphatic heterocycles. The lowest BCUT2D eigenvalue weighted by Crippen LogP contribution is -2.30. The molecule has 0 saturated heterocycles. The molecule has 0 radical (unpaired) electrons. The zero-order chi connectivity index (χ0) is 16.2. The van der Waals surface area contributed by atoms with Crippen molar-refractivity contribution < 1.29 is 4.79 Å². The quantitative estimate of drug-likeness (QED) is 0.675. The molecular formula is C16H18N6O. The average molecular weight is 310 g/mol. The first-order valence-corrected chi connectivity index (χ1v) is 7.27. The molecule has 0 aliphatic rings. The molecule has 23 heavy (non-hydrogen) atoms. The van der Waals surface area contributed by atoms with Crippen molar-refractivity contribution in [1.29, 1.82) is 0 Å². The van der Waals surface area contributed by atoms with Crippen molar-refractivity contribution in [3.05, 3.63) is 53.9 Å². The highest BCUT2D eigenvalue weighted by atomic mass is 16.2. The minimum absolute atomic E-state index is 0.150. The summed E-state index contributed by atoms with van der Waals surface area (Å²) in [6.45, 7) is 4.05. The van der Waals surface area contributed by atoms with E-state index in [1.165, 1.54) is 0 Å². The number of carbonyl (C=O) groups is 1. The first-order chi connectivity index (χ1) is 11.1. The van der Waals surface area contributed by atoms with Gasteiger partial charge in [-0.15, -0.1) is 0 Å². The summed E-state index contributed by atoms with van der Waals surface area (Å²) in [6, 6.07) is 11.6. The van der Waals surface area contributed by atoms with Gasteiger partial charge in [0.1, 0.15) is 12.4 Å². The monoisotopic (exact) mass is 310 g/mol. The van der Waals surface area contributed by atoms with Gasteiger partial charge >= 0.3 is 0 Å². The Labute approximate surface area is 133 Å². The summed E-state index contributed by atoms with van der Waals surface area (Å²) in [4.78, 5) is 14.2. The van der Waals surface area contributed by atoms with E-state index < -0.39 is 0 Å². The van der Waals surface area contributed by atoms with E-state index in [9.17, 15) is 4.79 Å². The fraction of sp³-hybridized carbons (Fsp3) is 0.188. The average Bonchev–Trinajstić information content (AvgIpc) is 3.17. The second-order valence-electron chi connectivity index (χ2n) is 5.35. The number of hydrogen-bond acceptors (Lipinski definition) is 4. The summed E-state index contributed by atoms with van der Waals surface area (Å²) in [6.07, 6.45) is 1.66. The smallest absolute Gasteiger partial charge is 0.245 e. The molecule has 7 nitrogen and oxygen atoms in total. The van der Waals surface area contributed by atoms with Crippen LogP contribution in [0.3, 0.4) is 0 Å². The number of carbonyl (C=O) groups excluding carboxylic acids is 1. The van der Waals surface area contributed by atoms with Crippen LogP contribution in [0.15, 0.2) is 42.6 Å². The predicted octanol–water partition coefficient (Wildman–Crippen LogP) is 2.53. The standard InChI is InChI=1S/C16H18N6O/c1-11-4-3-5-13(8-11)22(15-6-7-17-21-15)10-16(23)18-14-9-12(2)19-20-14/h3-9H,10H2,1-2H3,(H,17,21)(H2,18,19,20,23). The van der Waals surface area contributed by atoms with Crippen molar-refractivity contribution in [2.75, 3.05) is 16.8 Å². The summed E-state index contributed by atoms with van der Waals surface area (Å²) in [5.74, 6) is 1.11. The summed E-state index contributed by atoms with van der Waals surface area (Å²) in [7, 11) is 0. The Morgan fingerprint density at radius 1 is 1.22 bits per heavy atom. The molecule has 7 heteroatoms. The van der Waals surface area contributed by atoms with Gasteiger partial charge in [-0.05, 0) is 31.5 Å². The highest BCUT2D eigenvalue weighted by Gasteiger charge is 2.16. The van der Waals surface area contributed by atoms with Crippen LogP contribution >= 0.6 is 0 Å². The fourth-order valence-corrected chi connectivity index (χ4v) is 2.32. The molecule has 0 aliphatic carbocycles. The molecule has 118 valence electrons. The maximum absolute atomic E-state index is 12.3. The highest BCUT2D eigenvalue weighted by molar-refractivity contribution is 5.94. The van der Waals surface area contributed by atoms with Crippen molar-refractivity contribution in [2.24, 2.45) is 0 Å². The number of nitrogens with one attached hydrogen (secondary N) is 3. The van der Waals surface area contributed by atoms with Crippen LogP contribution in [-0.4, -0.2) is 32.8 Å². The molecule has 0 atom stereocenters. The van der Waals surface area contributed by atoms with Crippen LogP contribution in [0.5, 0.6) is 0 Å². The molecular weight excluding hydrogens is 292 g/mol. The van der Waals surface area contributed by atoms with Crippen LogP contribution in [0.2, 0.25) is 0 Å². The van der Waals surface area contributed by atoms with E-state index in [1.807, 2.05) is 49.1 Å². The van der Waals surface area contributed by atoms with E-state index in [-0.39, 0.29) is 12.5 Å². The predicted molar refractivity (Wildman–Crippen MR) is 88.7 cm³/mol. The third-order valence-corrected chi connectivity index (χ3v) is 3.37. The maximum atomic E-state index is 12.3. The van der Waals surface area contributed by atoms with Crippen LogP contribution in [0.25, 0.3) is 0 Å². The maximum Gasteiger partial charge on any atom is 0.245 e. The highest BCUT2D eigenvalue weighted by Crippen LogP contribution is 2.23. The summed E-state index contributed by atoms with van der Waals surface area (Å²) in [5.41, 5.74) is 2.93. The van der Waals surface area contributed by atoms with E-state index in [2.05, 4.69) is 25.7 Å². The Bertz CT molecular complexity index is 793. The van der Waals surface area contributed by atoms with Crippen LogP contribution in [0.1, 0.15) is 11.3 Å². The van der Waals surface area contributed by atoms with Gasteiger partial charge in [-0.1, -0.05) is 12.1 Å². The largest absolute Gasteiger partial charge is 0.317 e. The zero-order valence-electron chi connectivity index (χ0n) is 13.0. The van der Waals surface area contributed by atoms with Crippen LogP contribution in [0, 0.1) is 13.8 Å². The van der Waals surface area contributed by atoms with Gasteiger partial charge in [-0.3, -0.25) is 15.0 Å². The SMILES string of the molecule is Cc1cccc(N(CC(=O)Nc2cc(C)[nH]n2)c2ccn[nH]2)c1.